The summed E-state index contributed by atoms with van der Waals surface area (Å²) < 4.78 is 0. The van der Waals surface area contributed by atoms with Crippen molar-refractivity contribution < 1.29 is 19.8 Å². The molecule has 1 aliphatic carbocycles. The number of hydrogen-bond acceptors (Lipinski definition) is 3. The first kappa shape index (κ1) is 16.8. The Balaban J connectivity index is 2.28. The lowest BCUT2D eigenvalue weighted by Crippen LogP contribution is -2.48. The van der Waals surface area contributed by atoms with Gasteiger partial charge in [-0.3, -0.25) is 4.79 Å². The van der Waals surface area contributed by atoms with Gasteiger partial charge < -0.3 is 20.8 Å². The quantitative estimate of drug-likeness (QED) is 0.615. The van der Waals surface area contributed by atoms with Crippen molar-refractivity contribution in [3.8, 4) is 0 Å². The largest absolute Gasteiger partial charge is 0.481 e. The number of aliphatic hydroxyl groups is 1. The molecule has 116 valence electrons. The van der Waals surface area contributed by atoms with Crippen LogP contribution in [0, 0.1) is 5.92 Å². The van der Waals surface area contributed by atoms with Gasteiger partial charge in [-0.2, -0.15) is 0 Å². The third-order valence-electron chi connectivity index (χ3n) is 3.59. The molecule has 6 nitrogen and oxygen atoms in total. The number of amides is 2. The van der Waals surface area contributed by atoms with Gasteiger partial charge in [-0.1, -0.05) is 0 Å². The number of urea groups is 1. The van der Waals surface area contributed by atoms with Gasteiger partial charge in [0.05, 0.1) is 11.5 Å². The van der Waals surface area contributed by atoms with Gasteiger partial charge in [0.15, 0.2) is 0 Å². The molecule has 1 atom stereocenters. The minimum absolute atomic E-state index is 0.0416. The Morgan fingerprint density at radius 3 is 2.25 bits per heavy atom. The summed E-state index contributed by atoms with van der Waals surface area (Å²) in [5.41, 5.74) is -0.813. The SMILES string of the molecule is CC(CC(C)(C)O)NC(=O)NC1CCC(C(=O)O)CC1. The van der Waals surface area contributed by atoms with Crippen molar-refractivity contribution in [3.63, 3.8) is 0 Å². The highest BCUT2D eigenvalue weighted by Gasteiger charge is 2.27. The summed E-state index contributed by atoms with van der Waals surface area (Å²) in [4.78, 5) is 22.6. The smallest absolute Gasteiger partial charge is 0.315 e. The van der Waals surface area contributed by atoms with Crippen molar-refractivity contribution in [2.24, 2.45) is 5.92 Å². The van der Waals surface area contributed by atoms with E-state index in [1.807, 2.05) is 6.92 Å². The normalized spacial score (nSPS) is 24.8. The molecule has 1 saturated carbocycles. The molecular weight excluding hydrogens is 260 g/mol. The number of aliphatic carboxylic acids is 1. The second-order valence-electron chi connectivity index (χ2n) is 6.42. The van der Waals surface area contributed by atoms with E-state index in [-0.39, 0.29) is 24.0 Å². The third kappa shape index (κ3) is 6.23. The van der Waals surface area contributed by atoms with E-state index in [4.69, 9.17) is 5.11 Å². The molecule has 1 rings (SSSR count). The predicted octanol–water partition coefficient (Wildman–Crippen LogP) is 1.48. The summed E-state index contributed by atoms with van der Waals surface area (Å²) in [6.45, 7) is 5.26. The number of carboxylic acid groups (broad SMARTS) is 1. The fourth-order valence-electron chi connectivity index (χ4n) is 2.74. The van der Waals surface area contributed by atoms with Gasteiger partial charge in [-0.05, 0) is 52.9 Å². The minimum atomic E-state index is -0.813. The van der Waals surface area contributed by atoms with Crippen LogP contribution in [-0.2, 0) is 4.79 Å². The van der Waals surface area contributed by atoms with Gasteiger partial charge in [0.25, 0.3) is 0 Å². The van der Waals surface area contributed by atoms with Crippen molar-refractivity contribution >= 4 is 12.0 Å². The van der Waals surface area contributed by atoms with E-state index in [1.165, 1.54) is 0 Å². The van der Waals surface area contributed by atoms with Crippen LogP contribution in [0.1, 0.15) is 52.9 Å². The molecule has 1 aliphatic rings. The number of nitrogens with one attached hydrogen (secondary N) is 2. The summed E-state index contributed by atoms with van der Waals surface area (Å²) in [5, 5.41) is 24.2. The van der Waals surface area contributed by atoms with Gasteiger partial charge in [-0.25, -0.2) is 4.79 Å². The van der Waals surface area contributed by atoms with E-state index in [2.05, 4.69) is 10.6 Å². The van der Waals surface area contributed by atoms with Gasteiger partial charge in [0.1, 0.15) is 0 Å². The molecule has 2 amide bonds. The fraction of sp³-hybridized carbons (Fsp3) is 0.857. The molecule has 0 bridgehead atoms. The lowest BCUT2D eigenvalue weighted by Gasteiger charge is -2.28. The molecule has 1 unspecified atom stereocenters. The molecule has 20 heavy (non-hydrogen) atoms. The molecule has 0 aromatic heterocycles. The highest BCUT2D eigenvalue weighted by molar-refractivity contribution is 5.74. The van der Waals surface area contributed by atoms with E-state index < -0.39 is 11.6 Å². The maximum absolute atomic E-state index is 11.8. The molecule has 0 heterocycles. The zero-order valence-corrected chi connectivity index (χ0v) is 12.5. The van der Waals surface area contributed by atoms with Crippen molar-refractivity contribution in [3.05, 3.63) is 0 Å². The Kier molecular flexibility index (Phi) is 5.80. The molecule has 0 aliphatic heterocycles. The highest BCUT2D eigenvalue weighted by atomic mass is 16.4. The van der Waals surface area contributed by atoms with Gasteiger partial charge >= 0.3 is 12.0 Å². The summed E-state index contributed by atoms with van der Waals surface area (Å²) in [5.74, 6) is -1.02. The standard InChI is InChI=1S/C14H26N2O4/c1-9(8-14(2,3)20)15-13(19)16-11-6-4-10(5-7-11)12(17)18/h9-11,20H,4-8H2,1-3H3,(H,17,18)(H2,15,16,19). The van der Waals surface area contributed by atoms with Gasteiger partial charge in [0.2, 0.25) is 0 Å². The number of carboxylic acids is 1. The van der Waals surface area contributed by atoms with Crippen LogP contribution in [0.15, 0.2) is 0 Å². The highest BCUT2D eigenvalue weighted by Crippen LogP contribution is 2.24. The summed E-state index contributed by atoms with van der Waals surface area (Å²) in [6.07, 6.45) is 3.10. The molecule has 4 N–H and O–H groups in total. The van der Waals surface area contributed by atoms with Gasteiger partial charge in [-0.15, -0.1) is 0 Å². The molecule has 0 radical (unpaired) electrons. The first-order valence-electron chi connectivity index (χ1n) is 7.19. The van der Waals surface area contributed by atoms with Crippen LogP contribution in [0.5, 0.6) is 0 Å². The van der Waals surface area contributed by atoms with Crippen LogP contribution in [0.4, 0.5) is 4.79 Å². The van der Waals surface area contributed by atoms with E-state index in [0.717, 1.165) is 0 Å². The summed E-state index contributed by atoms with van der Waals surface area (Å²) >= 11 is 0. The molecule has 6 heteroatoms. The fourth-order valence-corrected chi connectivity index (χ4v) is 2.74. The average Bonchev–Trinajstić information content (AvgIpc) is 2.26. The number of hydrogen-bond donors (Lipinski definition) is 4. The topological polar surface area (TPSA) is 98.7 Å². The Morgan fingerprint density at radius 1 is 1.25 bits per heavy atom. The first-order chi connectivity index (χ1) is 9.17. The van der Waals surface area contributed by atoms with E-state index in [0.29, 0.717) is 32.1 Å². The first-order valence-corrected chi connectivity index (χ1v) is 7.19. The number of rotatable bonds is 5. The van der Waals surface area contributed by atoms with Crippen LogP contribution in [0.2, 0.25) is 0 Å². The molecule has 0 saturated heterocycles. The van der Waals surface area contributed by atoms with Crippen LogP contribution in [0.25, 0.3) is 0 Å². The van der Waals surface area contributed by atoms with Crippen molar-refractivity contribution in [1.82, 2.24) is 10.6 Å². The lowest BCUT2D eigenvalue weighted by molar-refractivity contribution is -0.142. The van der Waals surface area contributed by atoms with Gasteiger partial charge in [0, 0.05) is 12.1 Å². The number of carbonyl (C=O) groups excluding carboxylic acids is 1. The zero-order chi connectivity index (χ0) is 15.3. The zero-order valence-electron chi connectivity index (χ0n) is 12.5. The second-order valence-corrected chi connectivity index (χ2v) is 6.42. The Labute approximate surface area is 119 Å². The van der Waals surface area contributed by atoms with E-state index >= 15 is 0 Å². The third-order valence-corrected chi connectivity index (χ3v) is 3.59. The van der Waals surface area contributed by atoms with Crippen molar-refractivity contribution in [1.29, 1.82) is 0 Å². The molecule has 0 aromatic rings. The summed E-state index contributed by atoms with van der Waals surface area (Å²) in [7, 11) is 0. The van der Waals surface area contributed by atoms with E-state index in [9.17, 15) is 14.7 Å². The average molecular weight is 286 g/mol. The minimum Gasteiger partial charge on any atom is -0.481 e. The summed E-state index contributed by atoms with van der Waals surface area (Å²) in [6, 6.07) is -0.328. The molecule has 0 aromatic carbocycles. The van der Waals surface area contributed by atoms with Crippen LogP contribution in [0.3, 0.4) is 0 Å². The Morgan fingerprint density at radius 2 is 1.80 bits per heavy atom. The van der Waals surface area contributed by atoms with Crippen LogP contribution >= 0.6 is 0 Å². The van der Waals surface area contributed by atoms with E-state index in [1.54, 1.807) is 13.8 Å². The van der Waals surface area contributed by atoms with Crippen LogP contribution < -0.4 is 10.6 Å². The second kappa shape index (κ2) is 6.92. The maximum atomic E-state index is 11.8. The molecule has 0 spiro atoms. The number of carbonyl (C=O) groups is 2. The van der Waals surface area contributed by atoms with Crippen LogP contribution in [-0.4, -0.2) is 39.9 Å². The maximum Gasteiger partial charge on any atom is 0.315 e. The van der Waals surface area contributed by atoms with Crippen molar-refractivity contribution in [2.75, 3.05) is 0 Å². The monoisotopic (exact) mass is 286 g/mol. The lowest BCUT2D eigenvalue weighted by atomic mass is 9.86. The predicted molar refractivity (Wildman–Crippen MR) is 75.4 cm³/mol. The Hall–Kier alpha value is -1.30. The van der Waals surface area contributed by atoms with Crippen molar-refractivity contribution in [2.45, 2.75) is 70.6 Å². The molecule has 1 fully saturated rings. The Bertz CT molecular complexity index is 344. The molecular formula is C14H26N2O4.